The molecule has 0 aromatic heterocycles. The number of allylic oxidation sites excluding steroid dienone is 1. The Labute approximate surface area is 150 Å². The van der Waals surface area contributed by atoms with Crippen molar-refractivity contribution in [3.63, 3.8) is 0 Å². The van der Waals surface area contributed by atoms with Gasteiger partial charge in [0, 0.05) is 6.26 Å². The van der Waals surface area contributed by atoms with Crippen molar-refractivity contribution in [1.29, 1.82) is 0 Å². The van der Waals surface area contributed by atoms with Crippen molar-refractivity contribution in [1.82, 2.24) is 5.32 Å². The van der Waals surface area contributed by atoms with Gasteiger partial charge in [-0.3, -0.25) is 0 Å². The normalized spacial score (nSPS) is 16.7. The summed E-state index contributed by atoms with van der Waals surface area (Å²) >= 11 is 0. The van der Waals surface area contributed by atoms with Crippen molar-refractivity contribution >= 4 is 22.0 Å². The Morgan fingerprint density at radius 2 is 1.96 bits per heavy atom. The van der Waals surface area contributed by atoms with Crippen LogP contribution in [0.1, 0.15) is 57.7 Å². The molecule has 1 atom stereocenters. The predicted octanol–water partition coefficient (Wildman–Crippen LogP) is 4.10. The molecule has 1 amide bonds. The van der Waals surface area contributed by atoms with Gasteiger partial charge < -0.3 is 10.1 Å². The van der Waals surface area contributed by atoms with Crippen LogP contribution in [-0.2, 0) is 14.6 Å². The molecule has 1 aromatic rings. The van der Waals surface area contributed by atoms with Gasteiger partial charge in [0.15, 0.2) is 9.84 Å². The third kappa shape index (κ3) is 6.20. The molecule has 0 bridgehead atoms. The fourth-order valence-electron chi connectivity index (χ4n) is 2.41. The summed E-state index contributed by atoms with van der Waals surface area (Å²) in [5.74, 6) is 0.573. The summed E-state index contributed by atoms with van der Waals surface area (Å²) in [5, 5.41) is 2.81. The van der Waals surface area contributed by atoms with Crippen molar-refractivity contribution in [3.05, 3.63) is 35.4 Å². The molecule has 1 fully saturated rings. The van der Waals surface area contributed by atoms with E-state index in [0.29, 0.717) is 5.92 Å². The van der Waals surface area contributed by atoms with E-state index in [9.17, 15) is 13.2 Å². The Balaban J connectivity index is 2.26. The van der Waals surface area contributed by atoms with Crippen LogP contribution in [0.15, 0.2) is 29.2 Å². The summed E-state index contributed by atoms with van der Waals surface area (Å²) in [6.45, 7) is 7.28. The van der Waals surface area contributed by atoms with Crippen LogP contribution in [-0.4, -0.2) is 26.4 Å². The van der Waals surface area contributed by atoms with Gasteiger partial charge in [-0.1, -0.05) is 18.2 Å². The molecule has 0 aliphatic heterocycles. The van der Waals surface area contributed by atoms with Crippen molar-refractivity contribution in [3.8, 4) is 0 Å². The lowest BCUT2D eigenvalue weighted by atomic mass is 10.0. The molecular weight excluding hydrogens is 338 g/mol. The van der Waals surface area contributed by atoms with Crippen LogP contribution in [0.25, 0.3) is 6.08 Å². The average Bonchev–Trinajstić information content (AvgIpc) is 3.25. The van der Waals surface area contributed by atoms with Crippen LogP contribution in [0.4, 0.5) is 4.79 Å². The highest BCUT2D eigenvalue weighted by atomic mass is 32.2. The fraction of sp³-hybridized carbons (Fsp3) is 0.526. The summed E-state index contributed by atoms with van der Waals surface area (Å²) in [6, 6.07) is 4.69. The van der Waals surface area contributed by atoms with E-state index >= 15 is 0 Å². The zero-order valence-electron chi connectivity index (χ0n) is 15.5. The minimum Gasteiger partial charge on any atom is -0.444 e. The number of carbonyl (C=O) groups is 1. The van der Waals surface area contributed by atoms with Gasteiger partial charge in [0.25, 0.3) is 0 Å². The number of hydrogen-bond donors (Lipinski definition) is 1. The van der Waals surface area contributed by atoms with Crippen molar-refractivity contribution in [2.75, 3.05) is 6.26 Å². The zero-order valence-corrected chi connectivity index (χ0v) is 16.3. The molecule has 0 unspecified atom stereocenters. The molecule has 0 heterocycles. The first-order chi connectivity index (χ1) is 11.5. The van der Waals surface area contributed by atoms with Crippen molar-refractivity contribution in [2.24, 2.45) is 5.92 Å². The predicted molar refractivity (Wildman–Crippen MR) is 99.1 cm³/mol. The number of hydrogen-bond acceptors (Lipinski definition) is 4. The minimum atomic E-state index is -3.28. The van der Waals surface area contributed by atoms with E-state index in [1.807, 2.05) is 33.8 Å². The lowest BCUT2D eigenvalue weighted by molar-refractivity contribution is 0.0508. The van der Waals surface area contributed by atoms with Crippen LogP contribution < -0.4 is 5.32 Å². The number of ether oxygens (including phenoxy) is 1. The van der Waals surface area contributed by atoms with Crippen LogP contribution in [0, 0.1) is 5.92 Å². The molecule has 0 radical (unpaired) electrons. The number of sulfone groups is 1. The third-order valence-electron chi connectivity index (χ3n) is 3.86. The molecule has 1 aliphatic carbocycles. The first-order valence-electron chi connectivity index (χ1n) is 8.47. The van der Waals surface area contributed by atoms with E-state index in [2.05, 4.69) is 11.4 Å². The van der Waals surface area contributed by atoms with E-state index in [-0.39, 0.29) is 10.9 Å². The first-order valence-corrected chi connectivity index (χ1v) is 10.4. The second-order valence-electron chi connectivity index (χ2n) is 7.63. The summed E-state index contributed by atoms with van der Waals surface area (Å²) in [4.78, 5) is 12.3. The molecule has 2 rings (SSSR count). The summed E-state index contributed by atoms with van der Waals surface area (Å²) in [7, 11) is -3.28. The molecule has 138 valence electrons. The number of nitrogens with one attached hydrogen (secondary N) is 1. The molecule has 1 saturated carbocycles. The van der Waals surface area contributed by atoms with E-state index in [0.717, 1.165) is 11.1 Å². The van der Waals surface area contributed by atoms with Gasteiger partial charge in [-0.05, 0) is 69.7 Å². The maximum Gasteiger partial charge on any atom is 0.408 e. The Kier molecular flexibility index (Phi) is 5.62. The van der Waals surface area contributed by atoms with Crippen molar-refractivity contribution in [2.45, 2.75) is 57.1 Å². The smallest absolute Gasteiger partial charge is 0.408 e. The molecular formula is C19H27NO4S. The molecule has 0 saturated heterocycles. The fourth-order valence-corrected chi connectivity index (χ4v) is 3.07. The Bertz CT molecular complexity index is 771. The molecule has 5 nitrogen and oxygen atoms in total. The second kappa shape index (κ2) is 7.20. The van der Waals surface area contributed by atoms with E-state index in [1.165, 1.54) is 19.1 Å². The van der Waals surface area contributed by atoms with E-state index in [1.54, 1.807) is 18.2 Å². The lowest BCUT2D eigenvalue weighted by Crippen LogP contribution is -2.34. The summed E-state index contributed by atoms with van der Waals surface area (Å²) in [6.07, 6.45) is 7.09. The Morgan fingerprint density at radius 3 is 2.48 bits per heavy atom. The Hall–Kier alpha value is -1.82. The van der Waals surface area contributed by atoms with Gasteiger partial charge >= 0.3 is 6.09 Å². The maximum atomic E-state index is 12.0. The van der Waals surface area contributed by atoms with Gasteiger partial charge in [0.1, 0.15) is 5.60 Å². The molecule has 1 aliphatic rings. The second-order valence-corrected chi connectivity index (χ2v) is 9.64. The average molecular weight is 365 g/mol. The third-order valence-corrected chi connectivity index (χ3v) is 4.97. The van der Waals surface area contributed by atoms with Gasteiger partial charge in [0.05, 0.1) is 10.9 Å². The van der Waals surface area contributed by atoms with Crippen LogP contribution in [0.2, 0.25) is 0 Å². The molecule has 1 N–H and O–H groups in total. The minimum absolute atomic E-state index is 0.274. The lowest BCUT2D eigenvalue weighted by Gasteiger charge is -2.23. The summed E-state index contributed by atoms with van der Waals surface area (Å²) < 4.78 is 29.0. The number of rotatable bonds is 5. The first kappa shape index (κ1) is 19.5. The highest BCUT2D eigenvalue weighted by Crippen LogP contribution is 2.32. The van der Waals surface area contributed by atoms with Crippen LogP contribution in [0.3, 0.4) is 0 Å². The van der Waals surface area contributed by atoms with Crippen molar-refractivity contribution < 1.29 is 17.9 Å². The number of carbonyl (C=O) groups excluding carboxylic acids is 1. The van der Waals surface area contributed by atoms with E-state index in [4.69, 9.17) is 4.74 Å². The highest BCUT2D eigenvalue weighted by molar-refractivity contribution is 7.90. The van der Waals surface area contributed by atoms with Gasteiger partial charge in [-0.25, -0.2) is 13.2 Å². The standard InChI is InChI=1S/C19H27NO4S/c1-13(20-18(21)24-19(2,3)4)17-11-10-16(25(5,22)23)12-15(17)9-8-14-6-7-14/h8-14H,6-7H2,1-5H3,(H,20,21)/b9-8+/t13-/m0/s1. The number of amides is 1. The quantitative estimate of drug-likeness (QED) is 0.853. The maximum absolute atomic E-state index is 12.0. The largest absolute Gasteiger partial charge is 0.444 e. The molecule has 6 heteroatoms. The molecule has 1 aromatic carbocycles. The number of alkyl carbamates (subject to hydrolysis) is 1. The monoisotopic (exact) mass is 365 g/mol. The van der Waals surface area contributed by atoms with Crippen LogP contribution in [0.5, 0.6) is 0 Å². The highest BCUT2D eigenvalue weighted by Gasteiger charge is 2.21. The Morgan fingerprint density at radius 1 is 1.32 bits per heavy atom. The van der Waals surface area contributed by atoms with Crippen LogP contribution >= 0.6 is 0 Å². The van der Waals surface area contributed by atoms with Gasteiger partial charge in [-0.2, -0.15) is 0 Å². The molecule has 25 heavy (non-hydrogen) atoms. The summed E-state index contributed by atoms with van der Waals surface area (Å²) in [5.41, 5.74) is 1.09. The van der Waals surface area contributed by atoms with Gasteiger partial charge in [0.2, 0.25) is 0 Å². The topological polar surface area (TPSA) is 72.5 Å². The van der Waals surface area contributed by atoms with E-state index < -0.39 is 21.5 Å². The van der Waals surface area contributed by atoms with Gasteiger partial charge in [-0.15, -0.1) is 0 Å². The zero-order chi connectivity index (χ0) is 18.8. The SMILES string of the molecule is C[C@H](NC(=O)OC(C)(C)C)c1ccc(S(C)(=O)=O)cc1/C=C/C1CC1. The number of benzene rings is 1. The molecule has 0 spiro atoms.